The van der Waals surface area contributed by atoms with Crippen molar-refractivity contribution in [2.75, 3.05) is 7.11 Å². The summed E-state index contributed by atoms with van der Waals surface area (Å²) in [6, 6.07) is 4.53. The highest BCUT2D eigenvalue weighted by atomic mass is 32.1. The number of ether oxygens (including phenoxy) is 1. The summed E-state index contributed by atoms with van der Waals surface area (Å²) >= 11 is 1.40. The molecule has 0 aliphatic heterocycles. The highest BCUT2D eigenvalue weighted by Crippen LogP contribution is 2.40. The van der Waals surface area contributed by atoms with E-state index in [1.54, 1.807) is 6.07 Å². The minimum atomic E-state index is -0.303. The van der Waals surface area contributed by atoms with Crippen molar-refractivity contribution in [2.24, 2.45) is 5.92 Å². The van der Waals surface area contributed by atoms with Gasteiger partial charge in [-0.1, -0.05) is 12.8 Å². The zero-order valence-electron chi connectivity index (χ0n) is 11.3. The van der Waals surface area contributed by atoms with E-state index in [1.165, 1.54) is 30.6 Å². The van der Waals surface area contributed by atoms with Crippen molar-refractivity contribution >= 4 is 27.5 Å². The Kier molecular flexibility index (Phi) is 3.70. The largest absolute Gasteiger partial charge is 0.468 e. The molecule has 1 aromatic heterocycles. The fourth-order valence-electron chi connectivity index (χ4n) is 2.96. The lowest BCUT2D eigenvalue weighted by atomic mass is 9.91. The van der Waals surface area contributed by atoms with Crippen molar-refractivity contribution in [3.8, 4) is 0 Å². The molecule has 3 nitrogen and oxygen atoms in total. The van der Waals surface area contributed by atoms with E-state index in [1.807, 2.05) is 0 Å². The van der Waals surface area contributed by atoms with Crippen molar-refractivity contribution < 1.29 is 13.9 Å². The Morgan fingerprint density at radius 1 is 1.45 bits per heavy atom. The second kappa shape index (κ2) is 5.48. The fourth-order valence-corrected chi connectivity index (χ4v) is 4.14. The third kappa shape index (κ3) is 2.42. The van der Waals surface area contributed by atoms with Gasteiger partial charge in [0.2, 0.25) is 0 Å². The lowest BCUT2D eigenvalue weighted by Gasteiger charge is -2.18. The molecular weight excluding hydrogens is 277 g/mol. The van der Waals surface area contributed by atoms with Crippen molar-refractivity contribution in [3.05, 3.63) is 29.0 Å². The first kappa shape index (κ1) is 13.5. The maximum atomic E-state index is 13.3. The number of fused-ring (bicyclic) bond motifs is 1. The van der Waals surface area contributed by atoms with E-state index in [-0.39, 0.29) is 17.7 Å². The van der Waals surface area contributed by atoms with Crippen molar-refractivity contribution in [1.29, 1.82) is 0 Å². The lowest BCUT2D eigenvalue weighted by Crippen LogP contribution is -2.21. The number of rotatable bonds is 3. The Morgan fingerprint density at radius 2 is 2.20 bits per heavy atom. The minimum absolute atomic E-state index is 0.226. The van der Waals surface area contributed by atoms with E-state index in [2.05, 4.69) is 4.98 Å². The first-order valence-electron chi connectivity index (χ1n) is 6.83. The average Bonchev–Trinajstić information content (AvgIpc) is 3.07. The first-order valence-corrected chi connectivity index (χ1v) is 7.64. The molecule has 0 amide bonds. The first-order chi connectivity index (χ1) is 9.69. The van der Waals surface area contributed by atoms with Gasteiger partial charge in [-0.25, -0.2) is 9.37 Å². The number of thiazole rings is 1. The number of carbonyl (C=O) groups is 1. The van der Waals surface area contributed by atoms with E-state index >= 15 is 0 Å². The molecule has 1 aliphatic rings. The molecule has 1 unspecified atom stereocenters. The number of carbonyl (C=O) groups excluding carboxylic acids is 1. The van der Waals surface area contributed by atoms with Crippen LogP contribution in [0.15, 0.2) is 18.2 Å². The van der Waals surface area contributed by atoms with Crippen LogP contribution in [-0.4, -0.2) is 18.1 Å². The van der Waals surface area contributed by atoms with Crippen LogP contribution in [0.25, 0.3) is 10.2 Å². The van der Waals surface area contributed by atoms with Gasteiger partial charge < -0.3 is 4.74 Å². The number of benzene rings is 1. The van der Waals surface area contributed by atoms with Gasteiger partial charge in [0.25, 0.3) is 0 Å². The van der Waals surface area contributed by atoms with Crippen LogP contribution in [0.1, 0.15) is 36.6 Å². The summed E-state index contributed by atoms with van der Waals surface area (Å²) in [4.78, 5) is 16.6. The molecule has 0 bridgehead atoms. The predicted octanol–water partition coefficient (Wildman–Crippen LogP) is 3.88. The Morgan fingerprint density at radius 3 is 2.90 bits per heavy atom. The average molecular weight is 293 g/mol. The molecule has 2 aromatic rings. The third-order valence-corrected chi connectivity index (χ3v) is 5.06. The van der Waals surface area contributed by atoms with Gasteiger partial charge in [-0.15, -0.1) is 11.3 Å². The van der Waals surface area contributed by atoms with Crippen molar-refractivity contribution in [3.63, 3.8) is 0 Å². The maximum absolute atomic E-state index is 13.3. The standard InChI is InChI=1S/C15H16FNO2S/c1-19-15(18)13(9-4-2-3-5-9)14-17-11-7-6-10(16)8-12(11)20-14/h6-9,13H,2-5H2,1H3. The molecule has 0 N–H and O–H groups in total. The quantitative estimate of drug-likeness (QED) is 0.806. The van der Waals surface area contributed by atoms with Gasteiger partial charge in [-0.2, -0.15) is 0 Å². The highest BCUT2D eigenvalue weighted by Gasteiger charge is 2.35. The second-order valence-electron chi connectivity index (χ2n) is 5.21. The number of nitrogens with zero attached hydrogens (tertiary/aromatic N) is 1. The Hall–Kier alpha value is -1.49. The number of esters is 1. The fraction of sp³-hybridized carbons (Fsp3) is 0.467. The number of aromatic nitrogens is 1. The Balaban J connectivity index is 2.01. The van der Waals surface area contributed by atoms with Gasteiger partial charge in [-0.05, 0) is 37.0 Å². The Labute approximate surface area is 120 Å². The molecule has 1 fully saturated rings. The van der Waals surface area contributed by atoms with Crippen molar-refractivity contribution in [2.45, 2.75) is 31.6 Å². The van der Waals surface area contributed by atoms with Crippen LogP contribution >= 0.6 is 11.3 Å². The van der Waals surface area contributed by atoms with Crippen LogP contribution in [0.4, 0.5) is 4.39 Å². The number of methoxy groups -OCH3 is 1. The third-order valence-electron chi connectivity index (χ3n) is 3.96. The molecule has 1 saturated carbocycles. The molecule has 20 heavy (non-hydrogen) atoms. The highest BCUT2D eigenvalue weighted by molar-refractivity contribution is 7.18. The van der Waals surface area contributed by atoms with Gasteiger partial charge >= 0.3 is 5.97 Å². The SMILES string of the molecule is COC(=O)C(c1nc2ccc(F)cc2s1)C1CCCC1. The molecule has 0 spiro atoms. The van der Waals surface area contributed by atoms with E-state index in [4.69, 9.17) is 4.74 Å². The van der Waals surface area contributed by atoms with Crippen LogP contribution in [0.5, 0.6) is 0 Å². The summed E-state index contributed by atoms with van der Waals surface area (Å²) in [5.41, 5.74) is 0.748. The molecule has 1 heterocycles. The summed E-state index contributed by atoms with van der Waals surface area (Å²) in [5, 5.41) is 0.754. The molecule has 3 rings (SSSR count). The van der Waals surface area contributed by atoms with E-state index < -0.39 is 0 Å². The summed E-state index contributed by atoms with van der Waals surface area (Å²) in [6.07, 6.45) is 4.36. The van der Waals surface area contributed by atoms with Gasteiger partial charge in [0.15, 0.2) is 0 Å². The summed E-state index contributed by atoms with van der Waals surface area (Å²) in [6.45, 7) is 0. The zero-order chi connectivity index (χ0) is 14.1. The predicted molar refractivity (Wildman–Crippen MR) is 76.3 cm³/mol. The van der Waals surface area contributed by atoms with Crippen LogP contribution in [0, 0.1) is 11.7 Å². The maximum Gasteiger partial charge on any atom is 0.315 e. The molecular formula is C15H16FNO2S. The van der Waals surface area contributed by atoms with Gasteiger partial charge in [0.05, 0.1) is 17.3 Å². The number of hydrogen-bond acceptors (Lipinski definition) is 4. The minimum Gasteiger partial charge on any atom is -0.468 e. The molecule has 1 atom stereocenters. The summed E-state index contributed by atoms with van der Waals surface area (Å²) in [5.74, 6) is -0.504. The lowest BCUT2D eigenvalue weighted by molar-refractivity contribution is -0.143. The topological polar surface area (TPSA) is 39.2 Å². The Bertz CT molecular complexity index is 634. The number of halogens is 1. The van der Waals surface area contributed by atoms with Crippen LogP contribution in [-0.2, 0) is 9.53 Å². The number of hydrogen-bond donors (Lipinski definition) is 0. The molecule has 0 saturated heterocycles. The van der Waals surface area contributed by atoms with E-state index in [9.17, 15) is 9.18 Å². The molecule has 1 aromatic carbocycles. The smallest absolute Gasteiger partial charge is 0.315 e. The van der Waals surface area contributed by atoms with Crippen molar-refractivity contribution in [1.82, 2.24) is 4.98 Å². The normalized spacial score (nSPS) is 17.5. The van der Waals surface area contributed by atoms with Crippen LogP contribution in [0.2, 0.25) is 0 Å². The summed E-state index contributed by atoms with van der Waals surface area (Å²) < 4.78 is 19.0. The molecule has 106 valence electrons. The monoisotopic (exact) mass is 293 g/mol. The van der Waals surface area contributed by atoms with Gasteiger partial charge in [0, 0.05) is 0 Å². The van der Waals surface area contributed by atoms with Crippen LogP contribution < -0.4 is 0 Å². The molecule has 5 heteroatoms. The van der Waals surface area contributed by atoms with E-state index in [0.717, 1.165) is 40.9 Å². The second-order valence-corrected chi connectivity index (χ2v) is 6.27. The van der Waals surface area contributed by atoms with E-state index in [0.29, 0.717) is 5.92 Å². The molecule has 1 aliphatic carbocycles. The van der Waals surface area contributed by atoms with Crippen LogP contribution in [0.3, 0.4) is 0 Å². The molecule has 0 radical (unpaired) electrons. The van der Waals surface area contributed by atoms with Gasteiger partial charge in [0.1, 0.15) is 16.7 Å². The van der Waals surface area contributed by atoms with Gasteiger partial charge in [-0.3, -0.25) is 4.79 Å². The zero-order valence-corrected chi connectivity index (χ0v) is 12.1. The summed E-state index contributed by atoms with van der Waals surface area (Å²) in [7, 11) is 1.41.